The molecular weight excluding hydrogens is 396 g/mol. The monoisotopic (exact) mass is 436 g/mol. The van der Waals surface area contributed by atoms with E-state index >= 15 is 0 Å². The number of benzene rings is 2. The highest BCUT2D eigenvalue weighted by atomic mass is 16.5. The Morgan fingerprint density at radius 3 is 2.44 bits per heavy atom. The van der Waals surface area contributed by atoms with E-state index in [-0.39, 0.29) is 11.4 Å². The van der Waals surface area contributed by atoms with Gasteiger partial charge in [0.15, 0.2) is 0 Å². The third-order valence-corrected chi connectivity index (χ3v) is 6.87. The number of carbonyl (C=O) groups excluding carboxylic acids is 1. The van der Waals surface area contributed by atoms with Crippen molar-refractivity contribution in [3.63, 3.8) is 0 Å². The number of anilines is 2. The predicted molar refractivity (Wildman–Crippen MR) is 135 cm³/mol. The summed E-state index contributed by atoms with van der Waals surface area (Å²) in [5, 5.41) is 0. The van der Waals surface area contributed by atoms with E-state index in [9.17, 15) is 4.79 Å². The lowest BCUT2D eigenvalue weighted by atomic mass is 9.76. The molecule has 0 atom stereocenters. The van der Waals surface area contributed by atoms with Crippen molar-refractivity contribution < 1.29 is 9.53 Å². The molecule has 0 aliphatic carbocycles. The summed E-state index contributed by atoms with van der Waals surface area (Å²) in [6.07, 6.45) is 2.20. The van der Waals surface area contributed by atoms with Crippen LogP contribution in [0.3, 0.4) is 0 Å². The maximum atomic E-state index is 11.9. The first kappa shape index (κ1) is 24.2. The van der Waals surface area contributed by atoms with Crippen LogP contribution in [0, 0.1) is 6.92 Å². The smallest absolute Gasteiger partial charge is 0.338 e. The average Bonchev–Trinajstić information content (AvgIpc) is 2.75. The summed E-state index contributed by atoms with van der Waals surface area (Å²) in [6.45, 7) is 19.0. The Kier molecular flexibility index (Phi) is 7.53. The molecule has 4 heteroatoms. The first-order chi connectivity index (χ1) is 15.2. The fourth-order valence-electron chi connectivity index (χ4n) is 4.73. The fourth-order valence-corrected chi connectivity index (χ4v) is 4.73. The van der Waals surface area contributed by atoms with Crippen LogP contribution in [0.25, 0.3) is 0 Å². The van der Waals surface area contributed by atoms with Crippen LogP contribution in [-0.2, 0) is 16.6 Å². The van der Waals surface area contributed by atoms with Crippen LogP contribution >= 0.6 is 0 Å². The maximum absolute atomic E-state index is 11.9. The number of carbonyl (C=O) groups is 1. The minimum absolute atomic E-state index is 0.222. The molecule has 2 aromatic carbocycles. The number of hydrogen-bond acceptors (Lipinski definition) is 4. The van der Waals surface area contributed by atoms with Gasteiger partial charge in [0.2, 0.25) is 0 Å². The minimum Gasteiger partial charge on any atom is -0.462 e. The molecule has 1 heterocycles. The molecule has 2 aromatic rings. The minimum atomic E-state index is -0.260. The van der Waals surface area contributed by atoms with Gasteiger partial charge in [-0.3, -0.25) is 0 Å². The third kappa shape index (κ3) is 5.11. The SMILES string of the molecule is CCOC(=O)c1ccc(N(CC)CCc2cc3c(cc2C)C(C)(C)CCN3C(C)C)cc1. The molecule has 0 spiro atoms. The number of rotatable bonds is 8. The van der Waals surface area contributed by atoms with Crippen molar-refractivity contribution in [3.05, 3.63) is 58.7 Å². The van der Waals surface area contributed by atoms with Crippen molar-refractivity contribution in [1.29, 1.82) is 0 Å². The van der Waals surface area contributed by atoms with E-state index in [1.54, 1.807) is 0 Å². The summed E-state index contributed by atoms with van der Waals surface area (Å²) in [7, 11) is 0. The van der Waals surface area contributed by atoms with E-state index < -0.39 is 0 Å². The van der Waals surface area contributed by atoms with Gasteiger partial charge in [0.05, 0.1) is 12.2 Å². The Hall–Kier alpha value is -2.49. The van der Waals surface area contributed by atoms with Crippen LogP contribution in [0.4, 0.5) is 11.4 Å². The summed E-state index contributed by atoms with van der Waals surface area (Å²) < 4.78 is 5.10. The van der Waals surface area contributed by atoms with Gasteiger partial charge in [-0.25, -0.2) is 4.79 Å². The van der Waals surface area contributed by atoms with E-state index in [1.807, 2.05) is 31.2 Å². The number of esters is 1. The number of likely N-dealkylation sites (N-methyl/N-ethyl adjacent to an activating group) is 1. The molecular formula is C28H40N2O2. The molecule has 3 rings (SSSR count). The topological polar surface area (TPSA) is 32.8 Å². The molecule has 1 aliphatic heterocycles. The molecule has 0 N–H and O–H groups in total. The Bertz CT molecular complexity index is 931. The molecule has 0 radical (unpaired) electrons. The highest BCUT2D eigenvalue weighted by molar-refractivity contribution is 5.89. The molecule has 32 heavy (non-hydrogen) atoms. The summed E-state index contributed by atoms with van der Waals surface area (Å²) in [6, 6.07) is 13.2. The highest BCUT2D eigenvalue weighted by Crippen LogP contribution is 2.42. The molecule has 0 saturated heterocycles. The van der Waals surface area contributed by atoms with E-state index in [0.29, 0.717) is 18.2 Å². The van der Waals surface area contributed by atoms with Gasteiger partial charge in [-0.05, 0) is 99.9 Å². The van der Waals surface area contributed by atoms with Crippen molar-refractivity contribution in [2.75, 3.05) is 36.0 Å². The van der Waals surface area contributed by atoms with Crippen molar-refractivity contribution in [2.45, 2.75) is 72.8 Å². The normalized spacial score (nSPS) is 14.9. The number of nitrogens with zero attached hydrogens (tertiary/aromatic N) is 2. The van der Waals surface area contributed by atoms with Gasteiger partial charge in [-0.15, -0.1) is 0 Å². The van der Waals surface area contributed by atoms with Crippen LogP contribution in [0.1, 0.15) is 75.0 Å². The number of ether oxygens (including phenoxy) is 1. The van der Waals surface area contributed by atoms with E-state index in [2.05, 4.69) is 63.5 Å². The Balaban J connectivity index is 1.79. The number of fused-ring (bicyclic) bond motifs is 1. The third-order valence-electron chi connectivity index (χ3n) is 6.87. The fraction of sp³-hybridized carbons (Fsp3) is 0.536. The van der Waals surface area contributed by atoms with E-state index in [4.69, 9.17) is 4.74 Å². The Morgan fingerprint density at radius 1 is 1.16 bits per heavy atom. The molecule has 0 unspecified atom stereocenters. The molecule has 174 valence electrons. The van der Waals surface area contributed by atoms with Crippen LogP contribution in [0.5, 0.6) is 0 Å². The Morgan fingerprint density at radius 2 is 1.84 bits per heavy atom. The first-order valence-corrected chi connectivity index (χ1v) is 12.1. The van der Waals surface area contributed by atoms with Gasteiger partial charge in [0.25, 0.3) is 0 Å². The number of hydrogen-bond donors (Lipinski definition) is 0. The zero-order valence-electron chi connectivity index (χ0n) is 21.0. The molecule has 1 aliphatic rings. The van der Waals surface area contributed by atoms with Gasteiger partial charge >= 0.3 is 5.97 Å². The lowest BCUT2D eigenvalue weighted by Crippen LogP contribution is -2.41. The van der Waals surface area contributed by atoms with Crippen LogP contribution in [0.15, 0.2) is 36.4 Å². The lowest BCUT2D eigenvalue weighted by molar-refractivity contribution is 0.0526. The quantitative estimate of drug-likeness (QED) is 0.466. The predicted octanol–water partition coefficient (Wildman–Crippen LogP) is 6.14. The molecule has 0 fully saturated rings. The summed E-state index contributed by atoms with van der Waals surface area (Å²) >= 11 is 0. The molecule has 0 bridgehead atoms. The van der Waals surface area contributed by atoms with Crippen molar-refractivity contribution in [2.24, 2.45) is 0 Å². The zero-order valence-corrected chi connectivity index (χ0v) is 21.0. The van der Waals surface area contributed by atoms with Gasteiger partial charge in [-0.2, -0.15) is 0 Å². The van der Waals surface area contributed by atoms with Crippen molar-refractivity contribution in [1.82, 2.24) is 0 Å². The van der Waals surface area contributed by atoms with Crippen LogP contribution in [-0.4, -0.2) is 38.3 Å². The van der Waals surface area contributed by atoms with Gasteiger partial charge in [0, 0.05) is 37.1 Å². The standard InChI is InChI=1S/C28H40N2O2/c1-8-29(24-12-10-22(11-13-24)27(31)32-9-2)16-14-23-19-26-25(18-21(23)5)28(6,7)15-17-30(26)20(3)4/h10-13,18-20H,8-9,14-17H2,1-7H3. The summed E-state index contributed by atoms with van der Waals surface area (Å²) in [5.74, 6) is -0.260. The Labute approximate surface area is 194 Å². The molecule has 0 aromatic heterocycles. The largest absolute Gasteiger partial charge is 0.462 e. The number of aryl methyl sites for hydroxylation is 1. The van der Waals surface area contributed by atoms with Gasteiger partial charge in [-0.1, -0.05) is 19.9 Å². The second-order valence-electron chi connectivity index (χ2n) is 9.81. The van der Waals surface area contributed by atoms with Crippen molar-refractivity contribution >= 4 is 17.3 Å². The lowest BCUT2D eigenvalue weighted by Gasteiger charge is -2.43. The summed E-state index contributed by atoms with van der Waals surface area (Å²) in [4.78, 5) is 16.9. The first-order valence-electron chi connectivity index (χ1n) is 12.1. The highest BCUT2D eigenvalue weighted by Gasteiger charge is 2.32. The van der Waals surface area contributed by atoms with Gasteiger partial charge < -0.3 is 14.5 Å². The van der Waals surface area contributed by atoms with Crippen molar-refractivity contribution in [3.8, 4) is 0 Å². The van der Waals surface area contributed by atoms with Crippen LogP contribution < -0.4 is 9.80 Å². The van der Waals surface area contributed by atoms with Gasteiger partial charge in [0.1, 0.15) is 0 Å². The zero-order chi connectivity index (χ0) is 23.5. The maximum Gasteiger partial charge on any atom is 0.338 e. The molecule has 0 saturated carbocycles. The van der Waals surface area contributed by atoms with E-state index in [0.717, 1.165) is 31.7 Å². The van der Waals surface area contributed by atoms with Crippen LogP contribution in [0.2, 0.25) is 0 Å². The average molecular weight is 437 g/mol. The molecule has 4 nitrogen and oxygen atoms in total. The molecule has 0 amide bonds. The second kappa shape index (κ2) is 9.97. The second-order valence-corrected chi connectivity index (χ2v) is 9.81. The van der Waals surface area contributed by atoms with E-state index in [1.165, 1.54) is 28.8 Å². The summed E-state index contributed by atoms with van der Waals surface area (Å²) in [5.41, 5.74) is 7.68.